The van der Waals surface area contributed by atoms with Crippen molar-refractivity contribution in [2.75, 3.05) is 6.54 Å². The molecular weight excluding hydrogens is 366 g/mol. The molecule has 138 valence electrons. The van der Waals surface area contributed by atoms with Crippen molar-refractivity contribution in [3.63, 3.8) is 0 Å². The summed E-state index contributed by atoms with van der Waals surface area (Å²) >= 11 is 6.07. The Kier molecular flexibility index (Phi) is 4.16. The first-order chi connectivity index (χ1) is 12.9. The van der Waals surface area contributed by atoms with Crippen molar-refractivity contribution in [2.24, 2.45) is 11.1 Å². The lowest BCUT2D eigenvalue weighted by molar-refractivity contribution is -0.133. The molecule has 2 N–H and O–H groups in total. The van der Waals surface area contributed by atoms with E-state index in [9.17, 15) is 14.9 Å². The van der Waals surface area contributed by atoms with Gasteiger partial charge in [-0.1, -0.05) is 23.7 Å². The number of halogens is 1. The fourth-order valence-corrected chi connectivity index (χ4v) is 3.70. The molecule has 0 atom stereocenters. The van der Waals surface area contributed by atoms with Crippen molar-refractivity contribution in [3.8, 4) is 17.3 Å². The van der Waals surface area contributed by atoms with Crippen molar-refractivity contribution in [1.82, 2.24) is 14.7 Å². The number of nitrogens with zero attached hydrogens (tertiary/aromatic N) is 4. The van der Waals surface area contributed by atoms with E-state index in [1.807, 2.05) is 6.07 Å². The van der Waals surface area contributed by atoms with E-state index >= 15 is 0 Å². The Bertz CT molecular complexity index is 986. The van der Waals surface area contributed by atoms with Crippen molar-refractivity contribution in [1.29, 1.82) is 5.26 Å². The average molecular weight is 384 g/mol. The van der Waals surface area contributed by atoms with Crippen LogP contribution in [0.3, 0.4) is 0 Å². The molecule has 2 aromatic rings. The summed E-state index contributed by atoms with van der Waals surface area (Å²) in [6, 6.07) is 9.33. The maximum absolute atomic E-state index is 12.6. The zero-order valence-corrected chi connectivity index (χ0v) is 15.4. The van der Waals surface area contributed by atoms with Crippen LogP contribution in [0.15, 0.2) is 24.3 Å². The average Bonchev–Trinajstić information content (AvgIpc) is 3.30. The lowest BCUT2D eigenvalue weighted by Crippen LogP contribution is -2.40. The summed E-state index contributed by atoms with van der Waals surface area (Å²) in [7, 11) is 0. The molecule has 0 bridgehead atoms. The highest BCUT2D eigenvalue weighted by Crippen LogP contribution is 2.48. The van der Waals surface area contributed by atoms with Gasteiger partial charge in [0.2, 0.25) is 5.91 Å². The Labute approximate surface area is 161 Å². The number of nitrogens with two attached hydrogens (primary N) is 1. The third-order valence-corrected chi connectivity index (χ3v) is 5.49. The van der Waals surface area contributed by atoms with Crippen LogP contribution in [0.1, 0.15) is 35.3 Å². The van der Waals surface area contributed by atoms with Gasteiger partial charge in [0.15, 0.2) is 0 Å². The first kappa shape index (κ1) is 17.6. The zero-order chi connectivity index (χ0) is 19.2. The van der Waals surface area contributed by atoms with Crippen LogP contribution in [0.5, 0.6) is 0 Å². The molecule has 2 amide bonds. The van der Waals surface area contributed by atoms with Gasteiger partial charge in [-0.2, -0.15) is 10.4 Å². The number of hydrogen-bond acceptors (Lipinski definition) is 4. The molecule has 2 heterocycles. The van der Waals surface area contributed by atoms with Gasteiger partial charge in [-0.3, -0.25) is 14.3 Å². The minimum absolute atomic E-state index is 0.0683. The zero-order valence-electron chi connectivity index (χ0n) is 14.6. The van der Waals surface area contributed by atoms with Crippen molar-refractivity contribution >= 4 is 23.4 Å². The minimum atomic E-state index is -0.587. The van der Waals surface area contributed by atoms with Gasteiger partial charge < -0.3 is 10.6 Å². The topological polar surface area (TPSA) is 105 Å². The summed E-state index contributed by atoms with van der Waals surface area (Å²) in [6.07, 6.45) is 1.77. The predicted molar refractivity (Wildman–Crippen MR) is 98.5 cm³/mol. The van der Waals surface area contributed by atoms with Crippen LogP contribution in [-0.2, 0) is 17.9 Å². The number of amides is 2. The molecule has 1 aromatic heterocycles. The minimum Gasteiger partial charge on any atom is -0.365 e. The molecule has 8 heteroatoms. The van der Waals surface area contributed by atoms with Gasteiger partial charge in [-0.05, 0) is 25.0 Å². The predicted octanol–water partition coefficient (Wildman–Crippen LogP) is 2.34. The number of primary amides is 1. The first-order valence-electron chi connectivity index (χ1n) is 8.77. The van der Waals surface area contributed by atoms with Crippen molar-refractivity contribution < 1.29 is 9.59 Å². The van der Waals surface area contributed by atoms with Gasteiger partial charge in [0.05, 0.1) is 35.8 Å². The second-order valence-electron chi connectivity index (χ2n) is 7.15. The van der Waals surface area contributed by atoms with E-state index < -0.39 is 11.3 Å². The number of fused-ring (bicyclic) bond motifs is 1. The maximum Gasteiger partial charge on any atom is 0.252 e. The number of nitriles is 1. The van der Waals surface area contributed by atoms with Gasteiger partial charge in [0.1, 0.15) is 5.69 Å². The van der Waals surface area contributed by atoms with E-state index in [1.54, 1.807) is 27.8 Å². The largest absolute Gasteiger partial charge is 0.365 e. The first-order valence-corrected chi connectivity index (χ1v) is 9.15. The normalized spacial score (nSPS) is 17.1. The molecule has 27 heavy (non-hydrogen) atoms. The van der Waals surface area contributed by atoms with Crippen LogP contribution in [0.4, 0.5) is 0 Å². The van der Waals surface area contributed by atoms with E-state index in [-0.39, 0.29) is 18.9 Å². The summed E-state index contributed by atoms with van der Waals surface area (Å²) in [5, 5.41) is 14.3. The van der Waals surface area contributed by atoms with Gasteiger partial charge in [0.25, 0.3) is 5.91 Å². The Hall–Kier alpha value is -2.85. The molecular formula is C19H18ClN5O2. The lowest BCUT2D eigenvalue weighted by Gasteiger charge is -2.28. The number of carbonyl (C=O) groups is 2. The van der Waals surface area contributed by atoms with E-state index in [4.69, 9.17) is 17.3 Å². The van der Waals surface area contributed by atoms with E-state index in [2.05, 4.69) is 11.2 Å². The van der Waals surface area contributed by atoms with Gasteiger partial charge >= 0.3 is 0 Å². The number of benzene rings is 1. The molecule has 1 aromatic carbocycles. The number of carbonyl (C=O) groups excluding carboxylic acids is 2. The number of aromatic nitrogens is 2. The van der Waals surface area contributed by atoms with Crippen molar-refractivity contribution in [2.45, 2.75) is 32.4 Å². The highest BCUT2D eigenvalue weighted by Gasteiger charge is 2.46. The molecule has 4 rings (SSSR count). The fraction of sp³-hybridized carbons (Fsp3) is 0.368. The summed E-state index contributed by atoms with van der Waals surface area (Å²) in [5.41, 5.74) is 7.27. The van der Waals surface area contributed by atoms with Gasteiger partial charge in [-0.15, -0.1) is 0 Å². The molecule has 1 fully saturated rings. The van der Waals surface area contributed by atoms with Crippen LogP contribution in [0, 0.1) is 16.7 Å². The number of hydrogen-bond donors (Lipinski definition) is 1. The van der Waals surface area contributed by atoms with E-state index in [0.717, 1.165) is 12.8 Å². The lowest BCUT2D eigenvalue weighted by atomic mass is 10.0. The molecule has 2 aliphatic rings. The summed E-state index contributed by atoms with van der Waals surface area (Å²) in [6.45, 7) is 1.22. The summed E-state index contributed by atoms with van der Waals surface area (Å²) in [5.74, 6) is -0.655. The van der Waals surface area contributed by atoms with E-state index in [0.29, 0.717) is 40.6 Å². The molecule has 0 spiro atoms. The highest BCUT2D eigenvalue weighted by atomic mass is 35.5. The monoisotopic (exact) mass is 383 g/mol. The maximum atomic E-state index is 12.6. The van der Waals surface area contributed by atoms with Crippen LogP contribution in [0.25, 0.3) is 11.3 Å². The van der Waals surface area contributed by atoms with Crippen LogP contribution in [-0.4, -0.2) is 33.0 Å². The fourth-order valence-electron chi connectivity index (χ4n) is 3.51. The molecule has 1 aliphatic carbocycles. The summed E-state index contributed by atoms with van der Waals surface area (Å²) < 4.78 is 1.73. The molecule has 1 aliphatic heterocycles. The molecule has 1 saturated carbocycles. The molecule has 0 saturated heterocycles. The smallest absolute Gasteiger partial charge is 0.252 e. The third kappa shape index (κ3) is 3.17. The van der Waals surface area contributed by atoms with Gasteiger partial charge in [-0.25, -0.2) is 0 Å². The Morgan fingerprint density at radius 2 is 2.11 bits per heavy atom. The Morgan fingerprint density at radius 3 is 2.74 bits per heavy atom. The van der Waals surface area contributed by atoms with Crippen molar-refractivity contribution in [3.05, 3.63) is 40.5 Å². The molecule has 0 radical (unpaired) electrons. The van der Waals surface area contributed by atoms with E-state index in [1.165, 1.54) is 0 Å². The van der Waals surface area contributed by atoms with Gasteiger partial charge in [0, 0.05) is 23.6 Å². The Balaban J connectivity index is 1.66. The van der Waals surface area contributed by atoms with Crippen LogP contribution in [0.2, 0.25) is 5.02 Å². The number of rotatable bonds is 4. The Morgan fingerprint density at radius 1 is 1.33 bits per heavy atom. The second-order valence-corrected chi connectivity index (χ2v) is 7.59. The third-order valence-electron chi connectivity index (χ3n) is 5.26. The highest BCUT2D eigenvalue weighted by molar-refractivity contribution is 6.30. The molecule has 0 unspecified atom stereocenters. The van der Waals surface area contributed by atoms with Crippen LogP contribution >= 0.6 is 11.6 Å². The van der Waals surface area contributed by atoms with Crippen LogP contribution < -0.4 is 5.73 Å². The SMILES string of the molecule is N#CC1(CC(=O)N2CCn3nc(-c4cccc(Cl)c4)c(C(N)=O)c3C2)CC1. The second kappa shape index (κ2) is 6.39. The standard InChI is InChI=1S/C19H18ClN5O2/c20-13-3-1-2-12(8-13)17-16(18(22)27)14-10-24(6-7-25(14)23-17)15(26)9-19(11-21)4-5-19/h1-3,8H,4-7,9-10H2,(H2,22,27). The molecule has 7 nitrogen and oxygen atoms in total. The quantitative estimate of drug-likeness (QED) is 0.874. The summed E-state index contributed by atoms with van der Waals surface area (Å²) in [4.78, 5) is 26.5.